The first-order valence-corrected chi connectivity index (χ1v) is 6.48. The van der Waals surface area contributed by atoms with Gasteiger partial charge in [-0.1, -0.05) is 0 Å². The van der Waals surface area contributed by atoms with E-state index in [9.17, 15) is 35.7 Å². The van der Waals surface area contributed by atoms with Crippen LogP contribution in [-0.2, 0) is 14.2 Å². The molecule has 2 fully saturated rings. The second-order valence-corrected chi connectivity index (χ2v) is 5.08. The third-order valence-electron chi connectivity index (χ3n) is 3.58. The van der Waals surface area contributed by atoms with Gasteiger partial charge in [0, 0.05) is 0 Å². The highest BCUT2D eigenvalue weighted by atomic mass is 16.7. The topological polar surface area (TPSA) is 169 Å². The summed E-state index contributed by atoms with van der Waals surface area (Å²) in [6.07, 6.45) is -13.2. The largest absolute Gasteiger partial charge is 0.394 e. The van der Waals surface area contributed by atoms with Crippen molar-refractivity contribution in [1.82, 2.24) is 0 Å². The Morgan fingerprint density at radius 1 is 0.905 bits per heavy atom. The van der Waals surface area contributed by atoms with Gasteiger partial charge in [-0.25, -0.2) is 0 Å². The molecule has 1 unspecified atom stereocenters. The van der Waals surface area contributed by atoms with Crippen LogP contribution in [0.1, 0.15) is 0 Å². The first kappa shape index (κ1) is 17.0. The van der Waals surface area contributed by atoms with Crippen LogP contribution in [0.5, 0.6) is 0 Å². The number of rotatable bonds is 3. The number of ether oxygens (including phenoxy) is 3. The van der Waals surface area contributed by atoms with Crippen LogP contribution >= 0.6 is 0 Å². The smallest absolute Gasteiger partial charge is 0.186 e. The maximum Gasteiger partial charge on any atom is 0.186 e. The fraction of sp³-hybridized carbons (Fsp3) is 1.00. The van der Waals surface area contributed by atoms with Crippen LogP contribution in [0, 0.1) is 0 Å². The molecule has 0 amide bonds. The molecule has 0 saturated carbocycles. The molecule has 10 heteroatoms. The Morgan fingerprint density at radius 2 is 1.57 bits per heavy atom. The summed E-state index contributed by atoms with van der Waals surface area (Å²) < 4.78 is 15.1. The molecule has 0 aromatic rings. The second-order valence-electron chi connectivity index (χ2n) is 5.08. The molecule has 2 aliphatic rings. The van der Waals surface area contributed by atoms with E-state index in [1.54, 1.807) is 0 Å². The zero-order valence-electron chi connectivity index (χ0n) is 11.0. The van der Waals surface area contributed by atoms with Gasteiger partial charge in [0.05, 0.1) is 13.2 Å². The summed E-state index contributed by atoms with van der Waals surface area (Å²) in [5.74, 6) is 0. The molecule has 7 N–H and O–H groups in total. The van der Waals surface area contributed by atoms with Crippen LogP contribution < -0.4 is 0 Å². The van der Waals surface area contributed by atoms with E-state index in [1.165, 1.54) is 0 Å². The zero-order chi connectivity index (χ0) is 15.7. The van der Waals surface area contributed by atoms with Crippen LogP contribution in [0.2, 0.25) is 0 Å². The van der Waals surface area contributed by atoms with Crippen molar-refractivity contribution in [3.8, 4) is 0 Å². The van der Waals surface area contributed by atoms with Crippen molar-refractivity contribution in [3.05, 3.63) is 0 Å². The van der Waals surface area contributed by atoms with Crippen molar-refractivity contribution >= 4 is 0 Å². The van der Waals surface area contributed by atoms with E-state index in [2.05, 4.69) is 0 Å². The number of aliphatic hydroxyl groups excluding tert-OH is 7. The summed E-state index contributed by atoms with van der Waals surface area (Å²) in [6.45, 7) is -0.930. The van der Waals surface area contributed by atoms with Crippen LogP contribution in [0.25, 0.3) is 0 Å². The maximum atomic E-state index is 9.87. The van der Waals surface area contributed by atoms with E-state index in [0.29, 0.717) is 0 Å². The van der Waals surface area contributed by atoms with Gasteiger partial charge in [0.25, 0.3) is 0 Å². The minimum atomic E-state index is -1.69. The van der Waals surface area contributed by atoms with Crippen LogP contribution in [0.3, 0.4) is 0 Å². The Labute approximate surface area is 119 Å². The van der Waals surface area contributed by atoms with Gasteiger partial charge in [0.1, 0.15) is 42.7 Å². The van der Waals surface area contributed by atoms with Gasteiger partial charge in [-0.05, 0) is 0 Å². The summed E-state index contributed by atoms with van der Waals surface area (Å²) in [5, 5.41) is 66.5. The molecule has 21 heavy (non-hydrogen) atoms. The molecule has 10 nitrogen and oxygen atoms in total. The maximum absolute atomic E-state index is 9.87. The lowest BCUT2D eigenvalue weighted by atomic mass is 9.98. The molecule has 0 radical (unpaired) electrons. The highest BCUT2D eigenvalue weighted by molar-refractivity contribution is 4.91. The summed E-state index contributed by atoms with van der Waals surface area (Å²) in [5.41, 5.74) is 0. The lowest BCUT2D eigenvalue weighted by Crippen LogP contribution is -2.62. The Kier molecular flexibility index (Phi) is 5.48. The van der Waals surface area contributed by atoms with Crippen molar-refractivity contribution in [1.29, 1.82) is 0 Å². The van der Waals surface area contributed by atoms with E-state index in [1.807, 2.05) is 0 Å². The lowest BCUT2D eigenvalue weighted by molar-refractivity contribution is -0.342. The average Bonchev–Trinajstić information content (AvgIpc) is 2.47. The molecule has 0 aliphatic carbocycles. The van der Waals surface area contributed by atoms with E-state index >= 15 is 0 Å². The Hall–Kier alpha value is -0.400. The Bertz CT molecular complexity index is 339. The minimum Gasteiger partial charge on any atom is -0.394 e. The summed E-state index contributed by atoms with van der Waals surface area (Å²) in [7, 11) is 0. The monoisotopic (exact) mass is 312 g/mol. The van der Waals surface area contributed by atoms with Gasteiger partial charge in [0.2, 0.25) is 0 Å². The van der Waals surface area contributed by atoms with E-state index in [0.717, 1.165) is 0 Å². The molecule has 0 spiro atoms. The minimum absolute atomic E-state index is 0.304. The fourth-order valence-corrected chi connectivity index (χ4v) is 2.29. The normalized spacial score (nSPS) is 51.9. The van der Waals surface area contributed by atoms with Gasteiger partial charge in [-0.15, -0.1) is 0 Å². The van der Waals surface area contributed by atoms with Crippen LogP contribution in [0.4, 0.5) is 0 Å². The number of aliphatic hydroxyl groups is 7. The fourth-order valence-electron chi connectivity index (χ4n) is 2.29. The van der Waals surface area contributed by atoms with Gasteiger partial charge in [-0.3, -0.25) is 0 Å². The van der Waals surface area contributed by atoms with Crippen LogP contribution in [-0.4, -0.2) is 104 Å². The SMILES string of the molecule is OC[C@H]1OC(O)[C@@H](O)[C@@H](O)[C@@H]1O[C@@H]1OC[C@@H](O)[C@H](O)[C@H]1O. The molecule has 0 aromatic carbocycles. The van der Waals surface area contributed by atoms with Crippen molar-refractivity contribution in [2.75, 3.05) is 13.2 Å². The van der Waals surface area contributed by atoms with Crippen molar-refractivity contribution in [3.63, 3.8) is 0 Å². The predicted molar refractivity (Wildman–Crippen MR) is 62.6 cm³/mol. The molecule has 124 valence electrons. The lowest BCUT2D eigenvalue weighted by Gasteiger charge is -2.43. The van der Waals surface area contributed by atoms with Gasteiger partial charge < -0.3 is 50.0 Å². The quantitative estimate of drug-likeness (QED) is 0.268. The molecule has 2 heterocycles. The number of hydrogen-bond acceptors (Lipinski definition) is 10. The first-order valence-electron chi connectivity index (χ1n) is 6.48. The van der Waals surface area contributed by atoms with Crippen LogP contribution in [0.15, 0.2) is 0 Å². The standard InChI is InChI=1S/C11H20O10/c12-1-4-9(6(15)7(16)10(18)20-4)21-11-8(17)5(14)3(13)2-19-11/h3-18H,1-2H2/t3-,4-,5+,6-,7+,8-,9-,10?,11+/m1/s1. The third-order valence-corrected chi connectivity index (χ3v) is 3.58. The van der Waals surface area contributed by atoms with E-state index in [4.69, 9.17) is 14.2 Å². The predicted octanol–water partition coefficient (Wildman–Crippen LogP) is -4.76. The highest BCUT2D eigenvalue weighted by Gasteiger charge is 2.48. The summed E-state index contributed by atoms with van der Waals surface area (Å²) in [4.78, 5) is 0. The molecular weight excluding hydrogens is 292 g/mol. The van der Waals surface area contributed by atoms with Crippen molar-refractivity contribution in [2.45, 2.75) is 55.3 Å². The molecule has 0 bridgehead atoms. The highest BCUT2D eigenvalue weighted by Crippen LogP contribution is 2.26. The summed E-state index contributed by atoms with van der Waals surface area (Å²) in [6, 6.07) is 0. The summed E-state index contributed by atoms with van der Waals surface area (Å²) >= 11 is 0. The molecule has 2 saturated heterocycles. The molecule has 9 atom stereocenters. The van der Waals surface area contributed by atoms with Crippen molar-refractivity contribution in [2.24, 2.45) is 0 Å². The number of hydrogen-bond donors (Lipinski definition) is 7. The molecule has 0 aromatic heterocycles. The molecule has 2 rings (SSSR count). The van der Waals surface area contributed by atoms with E-state index < -0.39 is 61.9 Å². The molecule has 2 aliphatic heterocycles. The van der Waals surface area contributed by atoms with Gasteiger partial charge in [0.15, 0.2) is 12.6 Å². The zero-order valence-corrected chi connectivity index (χ0v) is 11.0. The van der Waals surface area contributed by atoms with Crippen molar-refractivity contribution < 1.29 is 50.0 Å². The first-order chi connectivity index (χ1) is 9.86. The van der Waals surface area contributed by atoms with E-state index in [-0.39, 0.29) is 6.61 Å². The third kappa shape index (κ3) is 3.35. The molecular formula is C11H20O10. The van der Waals surface area contributed by atoms with Gasteiger partial charge in [-0.2, -0.15) is 0 Å². The van der Waals surface area contributed by atoms with Gasteiger partial charge >= 0.3 is 0 Å². The Morgan fingerprint density at radius 3 is 2.19 bits per heavy atom. The Balaban J connectivity index is 2.05. The average molecular weight is 312 g/mol. The second kappa shape index (κ2) is 6.79.